The van der Waals surface area contributed by atoms with E-state index >= 15 is 0 Å². The number of para-hydroxylation sites is 1. The van der Waals surface area contributed by atoms with Gasteiger partial charge in [0.1, 0.15) is 0 Å². The predicted octanol–water partition coefficient (Wildman–Crippen LogP) is 3.50. The summed E-state index contributed by atoms with van der Waals surface area (Å²) in [7, 11) is 0. The van der Waals surface area contributed by atoms with Crippen molar-refractivity contribution in [3.05, 3.63) is 66.1 Å². The number of aromatic amines is 1. The number of hydrogen-bond acceptors (Lipinski definition) is 4. The Balaban J connectivity index is 1.85. The van der Waals surface area contributed by atoms with E-state index in [-0.39, 0.29) is 18.9 Å². The largest absolute Gasteiger partial charge is 0.465 e. The average Bonchev–Trinajstić information content (AvgIpc) is 3.02. The van der Waals surface area contributed by atoms with Crippen molar-refractivity contribution in [3.63, 3.8) is 0 Å². The Labute approximate surface area is 149 Å². The first-order chi connectivity index (χ1) is 12.6. The standard InChI is InChI=1S/C19H16N4O3/c24-15-11-23(19(25)26)10-14-16(15)18(21-13-4-2-1-3-5-13)17(22-14)12-6-8-20-9-7-12/h1-9,21-22H,10-11H2,(H,25,26). The average molecular weight is 348 g/mol. The minimum absolute atomic E-state index is 0.144. The van der Waals surface area contributed by atoms with Crippen molar-refractivity contribution < 1.29 is 14.7 Å². The fraction of sp³-hybridized carbons (Fsp3) is 0.105. The molecule has 0 saturated heterocycles. The zero-order chi connectivity index (χ0) is 18.1. The van der Waals surface area contributed by atoms with Crippen LogP contribution in [-0.2, 0) is 6.54 Å². The van der Waals surface area contributed by atoms with E-state index in [1.807, 2.05) is 42.5 Å². The molecule has 0 atom stereocenters. The Bertz CT molecular complexity index is 967. The number of aromatic nitrogens is 2. The number of ketones is 1. The number of nitrogens with one attached hydrogen (secondary N) is 2. The Morgan fingerprint density at radius 2 is 1.85 bits per heavy atom. The summed E-state index contributed by atoms with van der Waals surface area (Å²) >= 11 is 0. The molecule has 7 nitrogen and oxygen atoms in total. The van der Waals surface area contributed by atoms with E-state index in [0.717, 1.165) is 21.8 Å². The first-order valence-electron chi connectivity index (χ1n) is 8.12. The highest BCUT2D eigenvalue weighted by Gasteiger charge is 2.32. The summed E-state index contributed by atoms with van der Waals surface area (Å²) in [6, 6.07) is 13.2. The molecule has 3 aromatic rings. The van der Waals surface area contributed by atoms with E-state index in [1.165, 1.54) is 0 Å². The van der Waals surface area contributed by atoms with Gasteiger partial charge in [0.2, 0.25) is 0 Å². The summed E-state index contributed by atoms with van der Waals surface area (Å²) in [5, 5.41) is 12.6. The van der Waals surface area contributed by atoms with E-state index in [4.69, 9.17) is 0 Å². The molecule has 1 aliphatic heterocycles. The van der Waals surface area contributed by atoms with Crippen LogP contribution in [0.2, 0.25) is 0 Å². The van der Waals surface area contributed by atoms with Gasteiger partial charge in [0.25, 0.3) is 0 Å². The molecule has 7 heteroatoms. The highest BCUT2D eigenvalue weighted by atomic mass is 16.4. The normalized spacial score (nSPS) is 13.4. The molecule has 2 aromatic heterocycles. The minimum atomic E-state index is -1.11. The van der Waals surface area contributed by atoms with E-state index < -0.39 is 6.09 Å². The first kappa shape index (κ1) is 15.9. The summed E-state index contributed by atoms with van der Waals surface area (Å²) in [4.78, 5) is 32.3. The van der Waals surface area contributed by atoms with E-state index in [0.29, 0.717) is 16.9 Å². The van der Waals surface area contributed by atoms with Gasteiger partial charge in [0, 0.05) is 29.3 Å². The SMILES string of the molecule is O=C1CN(C(=O)O)Cc2[nH]c(-c3ccncc3)c(Nc3ccccc3)c21. The van der Waals surface area contributed by atoms with Gasteiger partial charge in [0.05, 0.1) is 30.0 Å². The monoisotopic (exact) mass is 348 g/mol. The minimum Gasteiger partial charge on any atom is -0.465 e. The Hall–Kier alpha value is -3.61. The molecule has 1 amide bonds. The van der Waals surface area contributed by atoms with Gasteiger partial charge < -0.3 is 15.4 Å². The van der Waals surface area contributed by atoms with Crippen molar-refractivity contribution >= 4 is 23.3 Å². The molecule has 1 aromatic carbocycles. The molecular weight excluding hydrogens is 332 g/mol. The molecule has 3 N–H and O–H groups in total. The number of pyridine rings is 1. The molecule has 0 saturated carbocycles. The van der Waals surface area contributed by atoms with Gasteiger partial charge in [-0.25, -0.2) is 4.79 Å². The predicted molar refractivity (Wildman–Crippen MR) is 96.5 cm³/mol. The molecule has 0 radical (unpaired) electrons. The highest BCUT2D eigenvalue weighted by molar-refractivity contribution is 6.09. The smallest absolute Gasteiger partial charge is 0.408 e. The van der Waals surface area contributed by atoms with Crippen LogP contribution in [-0.4, -0.2) is 38.4 Å². The lowest BCUT2D eigenvalue weighted by atomic mass is 10.0. The number of carbonyl (C=O) groups excluding carboxylic acids is 1. The van der Waals surface area contributed by atoms with Gasteiger partial charge in [-0.2, -0.15) is 0 Å². The maximum atomic E-state index is 12.7. The summed E-state index contributed by atoms with van der Waals surface area (Å²) in [5.41, 5.74) is 4.21. The number of anilines is 2. The third-order valence-electron chi connectivity index (χ3n) is 4.32. The molecule has 1 aliphatic rings. The molecule has 4 rings (SSSR count). The summed E-state index contributed by atoms with van der Waals surface area (Å²) in [6.07, 6.45) is 2.24. The zero-order valence-corrected chi connectivity index (χ0v) is 13.8. The van der Waals surface area contributed by atoms with Crippen LogP contribution >= 0.6 is 0 Å². The van der Waals surface area contributed by atoms with E-state index in [9.17, 15) is 14.7 Å². The number of rotatable bonds is 3. The van der Waals surface area contributed by atoms with Crippen molar-refractivity contribution in [2.75, 3.05) is 11.9 Å². The lowest BCUT2D eigenvalue weighted by Gasteiger charge is -2.23. The quantitative estimate of drug-likeness (QED) is 0.673. The van der Waals surface area contributed by atoms with Crippen molar-refractivity contribution in [2.45, 2.75) is 6.54 Å². The maximum Gasteiger partial charge on any atom is 0.408 e. The van der Waals surface area contributed by atoms with E-state index in [1.54, 1.807) is 12.4 Å². The number of nitrogens with zero attached hydrogens (tertiary/aromatic N) is 2. The number of amides is 1. The number of hydrogen-bond donors (Lipinski definition) is 3. The second-order valence-electron chi connectivity index (χ2n) is 6.02. The Morgan fingerprint density at radius 1 is 1.12 bits per heavy atom. The van der Waals surface area contributed by atoms with Gasteiger partial charge in [-0.05, 0) is 24.3 Å². The third kappa shape index (κ3) is 2.79. The van der Waals surface area contributed by atoms with Crippen LogP contribution in [0.1, 0.15) is 16.1 Å². The van der Waals surface area contributed by atoms with Crippen LogP contribution in [0.15, 0.2) is 54.9 Å². The van der Waals surface area contributed by atoms with E-state index in [2.05, 4.69) is 15.3 Å². The number of carboxylic acid groups (broad SMARTS) is 1. The van der Waals surface area contributed by atoms with Gasteiger partial charge in [-0.1, -0.05) is 18.2 Å². The van der Waals surface area contributed by atoms with Crippen LogP contribution in [0.4, 0.5) is 16.2 Å². The first-order valence-corrected chi connectivity index (χ1v) is 8.12. The number of carbonyl (C=O) groups is 2. The summed E-state index contributed by atoms with van der Waals surface area (Å²) in [5.74, 6) is -0.233. The van der Waals surface area contributed by atoms with Crippen molar-refractivity contribution in [1.29, 1.82) is 0 Å². The second-order valence-corrected chi connectivity index (χ2v) is 6.02. The lowest BCUT2D eigenvalue weighted by Crippen LogP contribution is -2.38. The summed E-state index contributed by atoms with van der Waals surface area (Å²) in [6.45, 7) is -0.00952. The molecule has 0 bridgehead atoms. The molecule has 0 unspecified atom stereocenters. The van der Waals surface area contributed by atoms with Gasteiger partial charge in [-0.3, -0.25) is 14.7 Å². The molecule has 130 valence electrons. The molecular formula is C19H16N4O3. The molecule has 3 heterocycles. The number of benzene rings is 1. The van der Waals surface area contributed by atoms with Crippen molar-refractivity contribution in [3.8, 4) is 11.3 Å². The Kier molecular flexibility index (Phi) is 3.89. The molecule has 0 spiro atoms. The molecule has 26 heavy (non-hydrogen) atoms. The second kappa shape index (κ2) is 6.36. The number of fused-ring (bicyclic) bond motifs is 1. The van der Waals surface area contributed by atoms with Gasteiger partial charge in [0.15, 0.2) is 5.78 Å². The third-order valence-corrected chi connectivity index (χ3v) is 4.32. The number of H-pyrrole nitrogens is 1. The Morgan fingerprint density at radius 3 is 2.54 bits per heavy atom. The van der Waals surface area contributed by atoms with Gasteiger partial charge in [-0.15, -0.1) is 0 Å². The zero-order valence-electron chi connectivity index (χ0n) is 13.8. The summed E-state index contributed by atoms with van der Waals surface area (Å²) < 4.78 is 0. The topological polar surface area (TPSA) is 98.3 Å². The fourth-order valence-corrected chi connectivity index (χ4v) is 3.14. The van der Waals surface area contributed by atoms with Crippen molar-refractivity contribution in [2.24, 2.45) is 0 Å². The number of Topliss-reactive ketones (excluding diaryl/α,β-unsaturated/α-hetero) is 1. The molecule has 0 aliphatic carbocycles. The van der Waals surface area contributed by atoms with Crippen LogP contribution in [0.3, 0.4) is 0 Å². The highest BCUT2D eigenvalue weighted by Crippen LogP contribution is 2.37. The lowest BCUT2D eigenvalue weighted by molar-refractivity contribution is 0.0874. The maximum absolute atomic E-state index is 12.7. The van der Waals surface area contributed by atoms with Crippen molar-refractivity contribution in [1.82, 2.24) is 14.9 Å². The van der Waals surface area contributed by atoms with Crippen LogP contribution in [0.5, 0.6) is 0 Å². The fourth-order valence-electron chi connectivity index (χ4n) is 3.14. The molecule has 0 fully saturated rings. The van der Waals surface area contributed by atoms with Gasteiger partial charge >= 0.3 is 6.09 Å². The van der Waals surface area contributed by atoms with Crippen LogP contribution in [0, 0.1) is 0 Å². The van der Waals surface area contributed by atoms with Crippen LogP contribution in [0.25, 0.3) is 11.3 Å². The van der Waals surface area contributed by atoms with Crippen LogP contribution < -0.4 is 5.32 Å².